The van der Waals surface area contributed by atoms with Gasteiger partial charge in [0, 0.05) is 12.5 Å². The molecule has 1 aromatic rings. The van der Waals surface area contributed by atoms with Crippen molar-refractivity contribution >= 4 is 23.5 Å². The minimum atomic E-state index is -0.593. The Morgan fingerprint density at radius 1 is 1.28 bits per heavy atom. The molecule has 138 valence electrons. The average Bonchev–Trinajstić information content (AvgIpc) is 2.61. The van der Waals surface area contributed by atoms with Crippen LogP contribution in [0.25, 0.3) is 0 Å². The van der Waals surface area contributed by atoms with E-state index >= 15 is 0 Å². The van der Waals surface area contributed by atoms with Crippen LogP contribution in [0, 0.1) is 5.92 Å². The number of halogens is 1. The van der Waals surface area contributed by atoms with Crippen LogP contribution in [-0.2, 0) is 14.3 Å². The maximum atomic E-state index is 12.3. The van der Waals surface area contributed by atoms with Gasteiger partial charge in [0.15, 0.2) is 6.10 Å². The first-order valence-corrected chi connectivity index (χ1v) is 9.25. The molecule has 1 unspecified atom stereocenters. The van der Waals surface area contributed by atoms with Gasteiger partial charge < -0.3 is 14.8 Å². The largest absolute Gasteiger partial charge is 0.464 e. The van der Waals surface area contributed by atoms with Crippen molar-refractivity contribution in [2.75, 3.05) is 13.2 Å². The van der Waals surface area contributed by atoms with E-state index in [1.807, 2.05) is 0 Å². The summed E-state index contributed by atoms with van der Waals surface area (Å²) in [6, 6.07) is 6.98. The number of rotatable bonds is 7. The highest BCUT2D eigenvalue weighted by Gasteiger charge is 2.30. The zero-order chi connectivity index (χ0) is 18.2. The minimum absolute atomic E-state index is 0.0558. The number of carbonyl (C=O) groups excluding carboxylic acids is 2. The molecule has 1 aromatic carbocycles. The van der Waals surface area contributed by atoms with E-state index in [9.17, 15) is 9.59 Å². The summed E-state index contributed by atoms with van der Waals surface area (Å²) in [6.07, 6.45) is 3.36. The maximum Gasteiger partial charge on any atom is 0.334 e. The molecule has 6 heteroatoms. The minimum Gasteiger partial charge on any atom is -0.464 e. The number of ether oxygens (including phenoxy) is 2. The molecule has 0 spiro atoms. The number of esters is 1. The third-order valence-corrected chi connectivity index (χ3v) is 4.81. The average molecular weight is 368 g/mol. The summed E-state index contributed by atoms with van der Waals surface area (Å²) < 4.78 is 10.9. The number of nitrogens with one attached hydrogen (secondary N) is 1. The van der Waals surface area contributed by atoms with Gasteiger partial charge in [0.2, 0.25) is 0 Å². The smallest absolute Gasteiger partial charge is 0.334 e. The van der Waals surface area contributed by atoms with E-state index in [1.165, 1.54) is 0 Å². The number of carbonyl (C=O) groups is 2. The van der Waals surface area contributed by atoms with Crippen LogP contribution in [0.4, 0.5) is 0 Å². The Bertz CT molecular complexity index is 593. The molecule has 1 amide bonds. The van der Waals surface area contributed by atoms with E-state index in [2.05, 4.69) is 5.32 Å². The van der Waals surface area contributed by atoms with Crippen LogP contribution in [0.2, 0.25) is 5.02 Å². The first kappa shape index (κ1) is 19.7. The second-order valence-corrected chi connectivity index (χ2v) is 6.71. The van der Waals surface area contributed by atoms with E-state index < -0.39 is 6.10 Å². The summed E-state index contributed by atoms with van der Waals surface area (Å²) in [5.74, 6) is -0.350. The van der Waals surface area contributed by atoms with Crippen molar-refractivity contribution < 1.29 is 19.1 Å². The fourth-order valence-corrected chi connectivity index (χ4v) is 3.35. The molecule has 0 bridgehead atoms. The van der Waals surface area contributed by atoms with Gasteiger partial charge in [0.1, 0.15) is 0 Å². The number of hydrogen-bond acceptors (Lipinski definition) is 4. The van der Waals surface area contributed by atoms with E-state index in [0.717, 1.165) is 25.7 Å². The second-order valence-electron chi connectivity index (χ2n) is 6.30. The Morgan fingerprint density at radius 2 is 2.00 bits per heavy atom. The summed E-state index contributed by atoms with van der Waals surface area (Å²) in [7, 11) is 0. The Balaban J connectivity index is 1.91. The first-order valence-electron chi connectivity index (χ1n) is 8.87. The lowest BCUT2D eigenvalue weighted by Gasteiger charge is -2.33. The van der Waals surface area contributed by atoms with Crippen LogP contribution in [0.15, 0.2) is 24.3 Å². The normalized spacial score (nSPS) is 21.4. The highest BCUT2D eigenvalue weighted by Crippen LogP contribution is 2.28. The molecule has 1 saturated carbocycles. The summed E-state index contributed by atoms with van der Waals surface area (Å²) in [5.41, 5.74) is 0.470. The number of benzene rings is 1. The predicted octanol–water partition coefficient (Wildman–Crippen LogP) is 3.60. The topological polar surface area (TPSA) is 64.6 Å². The molecule has 1 fully saturated rings. The standard InChI is InChI=1S/C19H26ClNO4/c1-3-24-19(23)13(2)25-17-11-7-4-8-14(17)12-21-18(22)15-9-5-6-10-16(15)20/h5-6,9-10,13-14,17H,3-4,7-8,11-12H2,1-2H3,(H,21,22)/t13?,14-,17+/m1/s1. The van der Waals surface area contributed by atoms with Crippen molar-refractivity contribution in [2.45, 2.75) is 51.7 Å². The van der Waals surface area contributed by atoms with Gasteiger partial charge in [-0.1, -0.05) is 36.6 Å². The monoisotopic (exact) mass is 367 g/mol. The first-order chi connectivity index (χ1) is 12.0. The van der Waals surface area contributed by atoms with Gasteiger partial charge in [0.05, 0.1) is 23.3 Å². The van der Waals surface area contributed by atoms with E-state index in [4.69, 9.17) is 21.1 Å². The molecule has 0 radical (unpaired) electrons. The van der Waals surface area contributed by atoms with Gasteiger partial charge in [-0.05, 0) is 38.8 Å². The summed E-state index contributed by atoms with van der Waals surface area (Å²) in [4.78, 5) is 24.1. The van der Waals surface area contributed by atoms with Gasteiger partial charge in [-0.2, -0.15) is 0 Å². The van der Waals surface area contributed by atoms with Crippen LogP contribution in [0.1, 0.15) is 49.9 Å². The van der Waals surface area contributed by atoms with Crippen LogP contribution in [0.5, 0.6) is 0 Å². The molecule has 0 aromatic heterocycles. The van der Waals surface area contributed by atoms with Gasteiger partial charge in [-0.15, -0.1) is 0 Å². The molecule has 2 rings (SSSR count). The zero-order valence-electron chi connectivity index (χ0n) is 14.8. The lowest BCUT2D eigenvalue weighted by Crippen LogP contribution is -2.40. The van der Waals surface area contributed by atoms with Gasteiger partial charge in [0.25, 0.3) is 5.91 Å². The Morgan fingerprint density at radius 3 is 2.72 bits per heavy atom. The quantitative estimate of drug-likeness (QED) is 0.748. The van der Waals surface area contributed by atoms with Crippen LogP contribution >= 0.6 is 11.6 Å². The lowest BCUT2D eigenvalue weighted by molar-refractivity contribution is -0.162. The molecular formula is C19H26ClNO4. The zero-order valence-corrected chi connectivity index (χ0v) is 15.6. The third kappa shape index (κ3) is 5.72. The van der Waals surface area contributed by atoms with Crippen LogP contribution in [0.3, 0.4) is 0 Å². The molecule has 0 saturated heterocycles. The van der Waals surface area contributed by atoms with E-state index in [1.54, 1.807) is 38.1 Å². The van der Waals surface area contributed by atoms with E-state index in [0.29, 0.717) is 23.7 Å². The number of hydrogen-bond donors (Lipinski definition) is 1. The predicted molar refractivity (Wildman–Crippen MR) is 96.7 cm³/mol. The van der Waals surface area contributed by atoms with Gasteiger partial charge in [-0.3, -0.25) is 4.79 Å². The van der Waals surface area contributed by atoms with Crippen LogP contribution in [-0.4, -0.2) is 37.2 Å². The molecule has 0 heterocycles. The van der Waals surface area contributed by atoms with Crippen molar-refractivity contribution in [1.82, 2.24) is 5.32 Å². The third-order valence-electron chi connectivity index (χ3n) is 4.48. The summed E-state index contributed by atoms with van der Waals surface area (Å²) in [5, 5.41) is 3.38. The summed E-state index contributed by atoms with van der Waals surface area (Å²) in [6.45, 7) is 4.34. The molecular weight excluding hydrogens is 342 g/mol. The van der Waals surface area contributed by atoms with Crippen molar-refractivity contribution in [3.05, 3.63) is 34.9 Å². The number of amides is 1. The summed E-state index contributed by atoms with van der Waals surface area (Å²) >= 11 is 6.07. The van der Waals surface area contributed by atoms with Gasteiger partial charge >= 0.3 is 5.97 Å². The molecule has 25 heavy (non-hydrogen) atoms. The SMILES string of the molecule is CCOC(=O)C(C)O[C@H]1CCCC[C@@H]1CNC(=O)c1ccccc1Cl. The maximum absolute atomic E-state index is 12.3. The van der Waals surface area contributed by atoms with Crippen molar-refractivity contribution in [3.8, 4) is 0 Å². The highest BCUT2D eigenvalue weighted by molar-refractivity contribution is 6.33. The molecule has 1 aliphatic rings. The fraction of sp³-hybridized carbons (Fsp3) is 0.579. The molecule has 1 N–H and O–H groups in total. The van der Waals surface area contributed by atoms with Crippen molar-refractivity contribution in [1.29, 1.82) is 0 Å². The van der Waals surface area contributed by atoms with Gasteiger partial charge in [-0.25, -0.2) is 4.79 Å². The Hall–Kier alpha value is -1.59. The Labute approximate surface area is 154 Å². The van der Waals surface area contributed by atoms with Crippen molar-refractivity contribution in [3.63, 3.8) is 0 Å². The lowest BCUT2D eigenvalue weighted by atomic mass is 9.86. The van der Waals surface area contributed by atoms with Crippen LogP contribution < -0.4 is 5.32 Å². The molecule has 5 nitrogen and oxygen atoms in total. The van der Waals surface area contributed by atoms with E-state index in [-0.39, 0.29) is 23.9 Å². The molecule has 1 aliphatic carbocycles. The van der Waals surface area contributed by atoms with Crippen molar-refractivity contribution in [2.24, 2.45) is 5.92 Å². The molecule has 0 aliphatic heterocycles. The fourth-order valence-electron chi connectivity index (χ4n) is 3.13. The highest BCUT2D eigenvalue weighted by atomic mass is 35.5. The Kier molecular flexibility index (Phi) is 7.72. The molecule has 3 atom stereocenters. The second kappa shape index (κ2) is 9.78.